The van der Waals surface area contributed by atoms with E-state index in [4.69, 9.17) is 4.74 Å². The maximum absolute atomic E-state index is 12.9. The van der Waals surface area contributed by atoms with E-state index in [9.17, 15) is 9.50 Å². The number of aliphatic hydroxyl groups is 1. The zero-order chi connectivity index (χ0) is 11.4. The van der Waals surface area contributed by atoms with Gasteiger partial charge < -0.3 is 9.84 Å². The van der Waals surface area contributed by atoms with E-state index in [1.165, 1.54) is 12.1 Å². The Morgan fingerprint density at radius 1 is 1.44 bits per heavy atom. The lowest BCUT2D eigenvalue weighted by molar-refractivity contribution is -0.0611. The van der Waals surface area contributed by atoms with Gasteiger partial charge >= 0.3 is 0 Å². The number of halogens is 1. The molecule has 2 rings (SSSR count). The molecule has 0 spiro atoms. The minimum atomic E-state index is -0.526. The van der Waals surface area contributed by atoms with Crippen molar-refractivity contribution in [2.75, 3.05) is 6.61 Å². The standard InChI is InChI=1S/C13H17FO2/c14-11-5-3-4-10(8-11)9-12(15)13-6-1-2-7-16-13/h3-5,8,12-13,15H,1-2,6-7,9H2. The largest absolute Gasteiger partial charge is 0.390 e. The SMILES string of the molecule is OC(Cc1cccc(F)c1)C1CCCCO1. The number of hydrogen-bond acceptors (Lipinski definition) is 2. The van der Waals surface area contributed by atoms with Crippen LogP contribution < -0.4 is 0 Å². The summed E-state index contributed by atoms with van der Waals surface area (Å²) < 4.78 is 18.4. The Morgan fingerprint density at radius 2 is 2.31 bits per heavy atom. The van der Waals surface area contributed by atoms with Crippen LogP contribution in [0.15, 0.2) is 24.3 Å². The fourth-order valence-electron chi connectivity index (χ4n) is 2.11. The molecule has 1 aromatic carbocycles. The lowest BCUT2D eigenvalue weighted by Gasteiger charge is -2.27. The van der Waals surface area contributed by atoms with Gasteiger partial charge in [-0.3, -0.25) is 0 Å². The van der Waals surface area contributed by atoms with Crippen molar-refractivity contribution in [2.24, 2.45) is 0 Å². The second-order valence-electron chi connectivity index (χ2n) is 4.31. The molecular formula is C13H17FO2. The fraction of sp³-hybridized carbons (Fsp3) is 0.538. The summed E-state index contributed by atoms with van der Waals surface area (Å²) in [6.07, 6.45) is 2.92. The fourth-order valence-corrected chi connectivity index (χ4v) is 2.11. The van der Waals surface area contributed by atoms with Gasteiger partial charge in [-0.25, -0.2) is 4.39 Å². The van der Waals surface area contributed by atoms with Crippen molar-refractivity contribution in [1.82, 2.24) is 0 Å². The van der Waals surface area contributed by atoms with Gasteiger partial charge in [0.05, 0.1) is 12.2 Å². The van der Waals surface area contributed by atoms with E-state index in [1.807, 2.05) is 6.07 Å². The van der Waals surface area contributed by atoms with Crippen LogP contribution in [0.3, 0.4) is 0 Å². The van der Waals surface area contributed by atoms with E-state index >= 15 is 0 Å². The van der Waals surface area contributed by atoms with Gasteiger partial charge in [0.15, 0.2) is 0 Å². The Hall–Kier alpha value is -0.930. The first-order chi connectivity index (χ1) is 7.75. The summed E-state index contributed by atoms with van der Waals surface area (Å²) in [5, 5.41) is 9.97. The molecule has 3 heteroatoms. The highest BCUT2D eigenvalue weighted by Gasteiger charge is 2.22. The van der Waals surface area contributed by atoms with Crippen molar-refractivity contribution >= 4 is 0 Å². The summed E-state index contributed by atoms with van der Waals surface area (Å²) in [6.45, 7) is 0.727. The van der Waals surface area contributed by atoms with Crippen molar-refractivity contribution in [3.8, 4) is 0 Å². The van der Waals surface area contributed by atoms with Crippen LogP contribution in [0.2, 0.25) is 0 Å². The smallest absolute Gasteiger partial charge is 0.123 e. The molecule has 1 saturated heterocycles. The maximum Gasteiger partial charge on any atom is 0.123 e. The number of benzene rings is 1. The molecule has 1 N–H and O–H groups in total. The average molecular weight is 224 g/mol. The molecule has 2 unspecified atom stereocenters. The molecule has 0 amide bonds. The first-order valence-electron chi connectivity index (χ1n) is 5.80. The maximum atomic E-state index is 12.9. The van der Waals surface area contributed by atoms with E-state index < -0.39 is 6.10 Å². The quantitative estimate of drug-likeness (QED) is 0.853. The third-order valence-electron chi connectivity index (χ3n) is 2.98. The third-order valence-corrected chi connectivity index (χ3v) is 2.98. The highest BCUT2D eigenvalue weighted by molar-refractivity contribution is 5.17. The van der Waals surface area contributed by atoms with Crippen molar-refractivity contribution in [2.45, 2.75) is 37.9 Å². The minimum Gasteiger partial charge on any atom is -0.390 e. The van der Waals surface area contributed by atoms with E-state index in [2.05, 4.69) is 0 Å². The average Bonchev–Trinajstić information content (AvgIpc) is 2.30. The molecule has 2 atom stereocenters. The van der Waals surface area contributed by atoms with Gasteiger partial charge in [-0.05, 0) is 37.0 Å². The van der Waals surface area contributed by atoms with E-state index in [0.29, 0.717) is 6.42 Å². The number of aliphatic hydroxyl groups excluding tert-OH is 1. The van der Waals surface area contributed by atoms with Crippen LogP contribution in [0.25, 0.3) is 0 Å². The topological polar surface area (TPSA) is 29.5 Å². The first kappa shape index (κ1) is 11.6. The summed E-state index contributed by atoms with van der Waals surface area (Å²) in [6, 6.07) is 6.37. The summed E-state index contributed by atoms with van der Waals surface area (Å²) >= 11 is 0. The van der Waals surface area contributed by atoms with Gasteiger partial charge in [0.2, 0.25) is 0 Å². The molecule has 0 aromatic heterocycles. The molecular weight excluding hydrogens is 207 g/mol. The van der Waals surface area contributed by atoms with Gasteiger partial charge in [0.1, 0.15) is 5.82 Å². The molecule has 16 heavy (non-hydrogen) atoms. The highest BCUT2D eigenvalue weighted by atomic mass is 19.1. The summed E-state index contributed by atoms with van der Waals surface area (Å²) in [5.41, 5.74) is 0.821. The number of ether oxygens (including phenoxy) is 1. The molecule has 2 nitrogen and oxygen atoms in total. The van der Waals surface area contributed by atoms with Crippen molar-refractivity contribution in [1.29, 1.82) is 0 Å². The summed E-state index contributed by atoms with van der Waals surface area (Å²) in [7, 11) is 0. The highest BCUT2D eigenvalue weighted by Crippen LogP contribution is 2.18. The van der Waals surface area contributed by atoms with Gasteiger partial charge in [-0.2, -0.15) is 0 Å². The second kappa shape index (κ2) is 5.41. The molecule has 1 fully saturated rings. The van der Waals surface area contributed by atoms with Crippen LogP contribution in [0.5, 0.6) is 0 Å². The summed E-state index contributed by atoms with van der Waals surface area (Å²) in [5.74, 6) is -0.255. The normalized spacial score (nSPS) is 23.0. The van der Waals surface area contributed by atoms with E-state index in [1.54, 1.807) is 6.07 Å². The minimum absolute atomic E-state index is 0.0861. The molecule has 0 saturated carbocycles. The van der Waals surface area contributed by atoms with E-state index in [-0.39, 0.29) is 11.9 Å². The predicted molar refractivity (Wildman–Crippen MR) is 59.7 cm³/mol. The van der Waals surface area contributed by atoms with Crippen molar-refractivity contribution < 1.29 is 14.2 Å². The van der Waals surface area contributed by atoms with Crippen LogP contribution in [-0.2, 0) is 11.2 Å². The van der Waals surface area contributed by atoms with Crippen LogP contribution in [-0.4, -0.2) is 23.9 Å². The number of hydrogen-bond donors (Lipinski definition) is 1. The molecule has 88 valence electrons. The van der Waals surface area contributed by atoms with Crippen LogP contribution in [0, 0.1) is 5.82 Å². The summed E-state index contributed by atoms with van der Waals surface area (Å²) in [4.78, 5) is 0. The Balaban J connectivity index is 1.93. The molecule has 1 aliphatic heterocycles. The Morgan fingerprint density at radius 3 is 3.00 bits per heavy atom. The Bertz CT molecular complexity index is 334. The Kier molecular flexibility index (Phi) is 3.91. The first-order valence-corrected chi connectivity index (χ1v) is 5.80. The van der Waals surface area contributed by atoms with Crippen LogP contribution in [0.4, 0.5) is 4.39 Å². The van der Waals surface area contributed by atoms with E-state index in [0.717, 1.165) is 31.4 Å². The molecule has 0 aliphatic carbocycles. The van der Waals surface area contributed by atoms with Crippen LogP contribution >= 0.6 is 0 Å². The van der Waals surface area contributed by atoms with Crippen LogP contribution in [0.1, 0.15) is 24.8 Å². The monoisotopic (exact) mass is 224 g/mol. The lowest BCUT2D eigenvalue weighted by Crippen LogP contribution is -2.33. The lowest BCUT2D eigenvalue weighted by atomic mass is 9.98. The van der Waals surface area contributed by atoms with Gasteiger partial charge in [-0.1, -0.05) is 12.1 Å². The predicted octanol–water partition coefficient (Wildman–Crippen LogP) is 2.30. The van der Waals surface area contributed by atoms with Crippen molar-refractivity contribution in [3.05, 3.63) is 35.6 Å². The molecule has 0 bridgehead atoms. The number of rotatable bonds is 3. The van der Waals surface area contributed by atoms with Gasteiger partial charge in [0.25, 0.3) is 0 Å². The molecule has 1 aliphatic rings. The second-order valence-corrected chi connectivity index (χ2v) is 4.31. The van der Waals surface area contributed by atoms with Gasteiger partial charge in [0, 0.05) is 13.0 Å². The zero-order valence-corrected chi connectivity index (χ0v) is 9.23. The van der Waals surface area contributed by atoms with Crippen molar-refractivity contribution in [3.63, 3.8) is 0 Å². The molecule has 1 aromatic rings. The van der Waals surface area contributed by atoms with Gasteiger partial charge in [-0.15, -0.1) is 0 Å². The molecule has 0 radical (unpaired) electrons. The molecule has 1 heterocycles. The third kappa shape index (κ3) is 3.03. The zero-order valence-electron chi connectivity index (χ0n) is 9.23. The Labute approximate surface area is 95.1 Å².